The Morgan fingerprint density at radius 1 is 0.853 bits per heavy atom. The maximum absolute atomic E-state index is 13.4. The number of nitrogens with one attached hydrogen (secondary N) is 1. The van der Waals surface area contributed by atoms with E-state index in [1.54, 1.807) is 36.5 Å². The molecule has 0 spiro atoms. The van der Waals surface area contributed by atoms with Crippen molar-refractivity contribution in [2.24, 2.45) is 0 Å². The number of pyridine rings is 1. The average molecular weight is 459 g/mol. The zero-order valence-electron chi connectivity index (χ0n) is 18.5. The molecule has 172 valence electrons. The van der Waals surface area contributed by atoms with Crippen molar-refractivity contribution in [3.63, 3.8) is 0 Å². The van der Waals surface area contributed by atoms with E-state index in [1.165, 1.54) is 24.3 Å². The van der Waals surface area contributed by atoms with Crippen molar-refractivity contribution in [1.82, 2.24) is 10.3 Å². The minimum Gasteiger partial charge on any atom is -0.368 e. The Bertz CT molecular complexity index is 1320. The highest BCUT2D eigenvalue weighted by Gasteiger charge is 2.20. The van der Waals surface area contributed by atoms with Crippen LogP contribution in [0, 0.1) is 11.6 Å². The van der Waals surface area contributed by atoms with Crippen LogP contribution in [0.2, 0.25) is 0 Å². The standard InChI is InChI=1S/C27H24F2N4O/c28-22-6-8-24(9-7-22)32-12-14-33(15-13-32)26-25-17-21(5-4-20(25)10-11-30-26)27(34)31-18-19-2-1-3-23(29)16-19/h1-11,16-17H,12-15,18H2,(H,31,34). The number of fused-ring (bicyclic) bond motifs is 1. The summed E-state index contributed by atoms with van der Waals surface area (Å²) in [5.41, 5.74) is 2.24. The second-order valence-corrected chi connectivity index (χ2v) is 8.33. The zero-order valence-corrected chi connectivity index (χ0v) is 18.5. The molecule has 0 saturated carbocycles. The summed E-state index contributed by atoms with van der Waals surface area (Å²) in [5, 5.41) is 4.78. The number of benzene rings is 3. The molecular weight excluding hydrogens is 434 g/mol. The molecule has 1 N–H and O–H groups in total. The molecule has 2 heterocycles. The predicted molar refractivity (Wildman–Crippen MR) is 130 cm³/mol. The Kier molecular flexibility index (Phi) is 6.08. The molecule has 0 radical (unpaired) electrons. The van der Waals surface area contributed by atoms with Crippen molar-refractivity contribution in [2.75, 3.05) is 36.0 Å². The molecule has 0 unspecified atom stereocenters. The number of rotatable bonds is 5. The molecule has 1 fully saturated rings. The number of halogens is 2. The minimum absolute atomic E-state index is 0.220. The van der Waals surface area contributed by atoms with Crippen LogP contribution in [0.1, 0.15) is 15.9 Å². The van der Waals surface area contributed by atoms with Crippen LogP contribution in [0.15, 0.2) is 79.0 Å². The van der Waals surface area contributed by atoms with Crippen molar-refractivity contribution in [3.05, 3.63) is 102 Å². The van der Waals surface area contributed by atoms with Gasteiger partial charge in [0.1, 0.15) is 17.5 Å². The number of nitrogens with zero attached hydrogens (tertiary/aromatic N) is 3. The van der Waals surface area contributed by atoms with Crippen LogP contribution >= 0.6 is 0 Å². The SMILES string of the molecule is O=C(NCc1cccc(F)c1)c1ccc2ccnc(N3CCN(c4ccc(F)cc4)CC3)c2c1. The predicted octanol–water partition coefficient (Wildman–Crippen LogP) is 4.77. The Hall–Kier alpha value is -4.00. The van der Waals surface area contributed by atoms with Gasteiger partial charge in [-0.15, -0.1) is 0 Å². The Balaban J connectivity index is 1.32. The maximum atomic E-state index is 13.4. The first kappa shape index (κ1) is 21.8. The van der Waals surface area contributed by atoms with E-state index < -0.39 is 0 Å². The van der Waals surface area contributed by atoms with Gasteiger partial charge < -0.3 is 15.1 Å². The fraction of sp³-hybridized carbons (Fsp3) is 0.185. The largest absolute Gasteiger partial charge is 0.368 e. The summed E-state index contributed by atoms with van der Waals surface area (Å²) in [5.74, 6) is 0.0592. The van der Waals surface area contributed by atoms with E-state index >= 15 is 0 Å². The Labute approximate surface area is 196 Å². The monoisotopic (exact) mass is 458 g/mol. The van der Waals surface area contributed by atoms with Gasteiger partial charge in [-0.05, 0) is 65.5 Å². The van der Waals surface area contributed by atoms with E-state index in [0.29, 0.717) is 11.1 Å². The van der Waals surface area contributed by atoms with Crippen molar-refractivity contribution in [2.45, 2.75) is 6.54 Å². The fourth-order valence-corrected chi connectivity index (χ4v) is 4.31. The molecule has 1 aliphatic rings. The molecule has 3 aromatic carbocycles. The third kappa shape index (κ3) is 4.69. The molecule has 4 aromatic rings. The number of piperazine rings is 1. The quantitative estimate of drug-likeness (QED) is 0.468. The summed E-state index contributed by atoms with van der Waals surface area (Å²) in [4.78, 5) is 21.9. The third-order valence-electron chi connectivity index (χ3n) is 6.12. The van der Waals surface area contributed by atoms with E-state index in [2.05, 4.69) is 20.1 Å². The number of carbonyl (C=O) groups excluding carboxylic acids is 1. The zero-order chi connectivity index (χ0) is 23.5. The van der Waals surface area contributed by atoms with Crippen molar-refractivity contribution < 1.29 is 13.6 Å². The van der Waals surface area contributed by atoms with Gasteiger partial charge in [0, 0.05) is 55.6 Å². The van der Waals surface area contributed by atoms with Crippen LogP contribution in [0.3, 0.4) is 0 Å². The molecule has 1 amide bonds. The van der Waals surface area contributed by atoms with E-state index in [-0.39, 0.29) is 24.1 Å². The molecule has 5 rings (SSSR count). The summed E-state index contributed by atoms with van der Waals surface area (Å²) >= 11 is 0. The summed E-state index contributed by atoms with van der Waals surface area (Å²) in [6.45, 7) is 3.36. The fourth-order valence-electron chi connectivity index (χ4n) is 4.31. The summed E-state index contributed by atoms with van der Waals surface area (Å²) in [6, 6.07) is 20.3. The van der Waals surface area contributed by atoms with Crippen LogP contribution in [0.5, 0.6) is 0 Å². The molecule has 1 aliphatic heterocycles. The van der Waals surface area contributed by atoms with Crippen LogP contribution < -0.4 is 15.1 Å². The van der Waals surface area contributed by atoms with Gasteiger partial charge in [-0.1, -0.05) is 18.2 Å². The maximum Gasteiger partial charge on any atom is 0.251 e. The minimum atomic E-state index is -0.326. The van der Waals surface area contributed by atoms with Crippen LogP contribution in [0.4, 0.5) is 20.3 Å². The van der Waals surface area contributed by atoms with Gasteiger partial charge in [-0.25, -0.2) is 13.8 Å². The third-order valence-corrected chi connectivity index (χ3v) is 6.12. The first-order chi connectivity index (χ1) is 16.6. The highest BCUT2D eigenvalue weighted by atomic mass is 19.1. The number of hydrogen-bond donors (Lipinski definition) is 1. The second kappa shape index (κ2) is 9.47. The smallest absolute Gasteiger partial charge is 0.251 e. The van der Waals surface area contributed by atoms with Crippen molar-refractivity contribution in [3.8, 4) is 0 Å². The first-order valence-corrected chi connectivity index (χ1v) is 11.2. The summed E-state index contributed by atoms with van der Waals surface area (Å²) in [7, 11) is 0. The van der Waals surface area contributed by atoms with Gasteiger partial charge in [-0.2, -0.15) is 0 Å². The van der Waals surface area contributed by atoms with Gasteiger partial charge in [0.15, 0.2) is 0 Å². The highest BCUT2D eigenvalue weighted by molar-refractivity contribution is 6.01. The lowest BCUT2D eigenvalue weighted by Crippen LogP contribution is -2.46. The molecule has 1 saturated heterocycles. The molecule has 0 bridgehead atoms. The van der Waals surface area contributed by atoms with E-state index in [0.717, 1.165) is 48.5 Å². The van der Waals surface area contributed by atoms with Crippen molar-refractivity contribution in [1.29, 1.82) is 0 Å². The molecule has 1 aromatic heterocycles. The second-order valence-electron chi connectivity index (χ2n) is 8.33. The van der Waals surface area contributed by atoms with Gasteiger partial charge in [0.25, 0.3) is 5.91 Å². The molecule has 34 heavy (non-hydrogen) atoms. The molecule has 0 aliphatic carbocycles. The molecular formula is C27H24F2N4O. The summed E-state index contributed by atoms with van der Waals surface area (Å²) < 4.78 is 26.7. The van der Waals surface area contributed by atoms with Crippen LogP contribution in [0.25, 0.3) is 10.8 Å². The number of amides is 1. The van der Waals surface area contributed by atoms with Crippen LogP contribution in [-0.2, 0) is 6.54 Å². The first-order valence-electron chi connectivity index (χ1n) is 11.2. The van der Waals surface area contributed by atoms with Gasteiger partial charge in [0.2, 0.25) is 0 Å². The highest BCUT2D eigenvalue weighted by Crippen LogP contribution is 2.27. The van der Waals surface area contributed by atoms with Crippen LogP contribution in [-0.4, -0.2) is 37.1 Å². The lowest BCUT2D eigenvalue weighted by atomic mass is 10.1. The number of carbonyl (C=O) groups is 1. The lowest BCUT2D eigenvalue weighted by molar-refractivity contribution is 0.0951. The van der Waals surface area contributed by atoms with Gasteiger partial charge in [-0.3, -0.25) is 4.79 Å². The normalized spacial score (nSPS) is 13.8. The van der Waals surface area contributed by atoms with Gasteiger partial charge >= 0.3 is 0 Å². The van der Waals surface area contributed by atoms with Gasteiger partial charge in [0.05, 0.1) is 0 Å². The van der Waals surface area contributed by atoms with Crippen molar-refractivity contribution >= 4 is 28.2 Å². The van der Waals surface area contributed by atoms with E-state index in [1.807, 2.05) is 18.2 Å². The Morgan fingerprint density at radius 2 is 1.62 bits per heavy atom. The van der Waals surface area contributed by atoms with E-state index in [4.69, 9.17) is 0 Å². The number of hydrogen-bond acceptors (Lipinski definition) is 4. The lowest BCUT2D eigenvalue weighted by Gasteiger charge is -2.37. The molecule has 5 nitrogen and oxygen atoms in total. The topological polar surface area (TPSA) is 48.5 Å². The molecule has 7 heteroatoms. The molecule has 0 atom stereocenters. The van der Waals surface area contributed by atoms with E-state index in [9.17, 15) is 13.6 Å². The number of anilines is 2. The average Bonchev–Trinajstić information content (AvgIpc) is 2.87. The number of aromatic nitrogens is 1. The summed E-state index contributed by atoms with van der Waals surface area (Å²) in [6.07, 6.45) is 1.79. The Morgan fingerprint density at radius 3 is 2.38 bits per heavy atom.